The molecule has 3 N–H and O–H groups in total. The van der Waals surface area contributed by atoms with Crippen molar-refractivity contribution >= 4 is 11.6 Å². The lowest BCUT2D eigenvalue weighted by atomic mass is 9.92. The fraction of sp³-hybridized carbons (Fsp3) is 0.350. The van der Waals surface area contributed by atoms with Gasteiger partial charge in [0.15, 0.2) is 0 Å². The fourth-order valence-electron chi connectivity index (χ4n) is 3.65. The SMILES string of the molecule is Cn1c(-c2ccc(F)cc2)cn2cc(C(=O)NC3CCC(N)CC3)nc2c1=O. The van der Waals surface area contributed by atoms with Crippen molar-refractivity contribution in [3.8, 4) is 11.3 Å². The second kappa shape index (κ2) is 7.20. The molecular formula is C20H22FN5O2. The number of hydrogen-bond donors (Lipinski definition) is 2. The van der Waals surface area contributed by atoms with Crippen LogP contribution in [0.2, 0.25) is 0 Å². The standard InChI is InChI=1S/C20H22FN5O2/c1-25-17(12-2-4-13(21)5-3-12)11-26-10-16(24-18(26)20(25)28)19(27)23-15-8-6-14(22)7-9-15/h2-5,10-11,14-15H,6-9,22H2,1H3,(H,23,27). The van der Waals surface area contributed by atoms with Crippen molar-refractivity contribution in [2.24, 2.45) is 12.8 Å². The van der Waals surface area contributed by atoms with Crippen LogP contribution in [0.15, 0.2) is 41.5 Å². The molecule has 0 radical (unpaired) electrons. The Bertz CT molecular complexity index is 1080. The zero-order valence-corrected chi connectivity index (χ0v) is 15.6. The second-order valence-electron chi connectivity index (χ2n) is 7.33. The Morgan fingerprint density at radius 1 is 1.18 bits per heavy atom. The number of nitrogens with zero attached hydrogens (tertiary/aromatic N) is 3. The third-order valence-corrected chi connectivity index (χ3v) is 5.33. The summed E-state index contributed by atoms with van der Waals surface area (Å²) in [5.74, 6) is -0.644. The van der Waals surface area contributed by atoms with E-state index >= 15 is 0 Å². The molecule has 1 aliphatic carbocycles. The molecule has 1 saturated carbocycles. The predicted octanol–water partition coefficient (Wildman–Crippen LogP) is 1.84. The molecule has 0 bridgehead atoms. The van der Waals surface area contributed by atoms with Crippen LogP contribution >= 0.6 is 0 Å². The quantitative estimate of drug-likeness (QED) is 0.722. The summed E-state index contributed by atoms with van der Waals surface area (Å²) in [6.07, 6.45) is 6.73. The van der Waals surface area contributed by atoms with Crippen LogP contribution in [-0.4, -0.2) is 31.9 Å². The van der Waals surface area contributed by atoms with Crippen molar-refractivity contribution < 1.29 is 9.18 Å². The van der Waals surface area contributed by atoms with E-state index in [0.717, 1.165) is 25.7 Å². The highest BCUT2D eigenvalue weighted by Gasteiger charge is 2.22. The summed E-state index contributed by atoms with van der Waals surface area (Å²) in [5.41, 5.74) is 7.24. The van der Waals surface area contributed by atoms with Gasteiger partial charge >= 0.3 is 0 Å². The largest absolute Gasteiger partial charge is 0.348 e. The molecule has 146 valence electrons. The first-order chi connectivity index (χ1) is 13.4. The normalized spacial score (nSPS) is 19.7. The summed E-state index contributed by atoms with van der Waals surface area (Å²) in [5, 5.41) is 2.98. The van der Waals surface area contributed by atoms with Gasteiger partial charge in [-0.2, -0.15) is 0 Å². The number of nitrogens with two attached hydrogens (primary N) is 1. The molecule has 3 aromatic rings. The van der Waals surface area contributed by atoms with Gasteiger partial charge in [-0.05, 0) is 55.5 Å². The number of carbonyl (C=O) groups excluding carboxylic acids is 1. The van der Waals surface area contributed by atoms with E-state index in [-0.39, 0.29) is 40.7 Å². The number of aromatic nitrogens is 3. The zero-order valence-electron chi connectivity index (χ0n) is 15.6. The lowest BCUT2D eigenvalue weighted by Gasteiger charge is -2.26. The number of amides is 1. The molecule has 0 saturated heterocycles. The Morgan fingerprint density at radius 2 is 1.86 bits per heavy atom. The number of carbonyl (C=O) groups is 1. The minimum atomic E-state index is -0.347. The van der Waals surface area contributed by atoms with Gasteiger partial charge in [0.1, 0.15) is 11.5 Å². The van der Waals surface area contributed by atoms with E-state index < -0.39 is 0 Å². The molecule has 0 spiro atoms. The molecule has 1 fully saturated rings. The molecule has 7 nitrogen and oxygen atoms in total. The minimum Gasteiger partial charge on any atom is -0.348 e. The monoisotopic (exact) mass is 383 g/mol. The Morgan fingerprint density at radius 3 is 2.54 bits per heavy atom. The van der Waals surface area contributed by atoms with Gasteiger partial charge in [-0.3, -0.25) is 14.0 Å². The average molecular weight is 383 g/mol. The molecule has 0 aliphatic heterocycles. The highest BCUT2D eigenvalue weighted by atomic mass is 19.1. The number of nitrogens with one attached hydrogen (secondary N) is 1. The number of fused-ring (bicyclic) bond motifs is 1. The molecule has 1 aliphatic rings. The lowest BCUT2D eigenvalue weighted by Crippen LogP contribution is -2.40. The van der Waals surface area contributed by atoms with E-state index in [1.807, 2.05) is 0 Å². The predicted molar refractivity (Wildman–Crippen MR) is 104 cm³/mol. The minimum absolute atomic E-state index is 0.0784. The highest BCUT2D eigenvalue weighted by Crippen LogP contribution is 2.19. The third-order valence-electron chi connectivity index (χ3n) is 5.33. The molecule has 8 heteroatoms. The topological polar surface area (TPSA) is 94.4 Å². The van der Waals surface area contributed by atoms with Crippen LogP contribution in [0.1, 0.15) is 36.2 Å². The summed E-state index contributed by atoms with van der Waals surface area (Å²) in [4.78, 5) is 29.5. The maximum Gasteiger partial charge on any atom is 0.294 e. The maximum absolute atomic E-state index is 13.2. The first-order valence-electron chi connectivity index (χ1n) is 9.33. The molecular weight excluding hydrogens is 361 g/mol. The number of hydrogen-bond acceptors (Lipinski definition) is 4. The Hall–Kier alpha value is -3.00. The van der Waals surface area contributed by atoms with Crippen molar-refractivity contribution in [1.82, 2.24) is 19.3 Å². The van der Waals surface area contributed by atoms with E-state index in [0.29, 0.717) is 11.3 Å². The summed E-state index contributed by atoms with van der Waals surface area (Å²) in [7, 11) is 1.63. The molecule has 2 aromatic heterocycles. The van der Waals surface area contributed by atoms with Crippen LogP contribution in [0.3, 0.4) is 0 Å². The third kappa shape index (κ3) is 3.43. The van der Waals surface area contributed by atoms with Gasteiger partial charge < -0.3 is 15.6 Å². The summed E-state index contributed by atoms with van der Waals surface area (Å²) in [6, 6.07) is 6.17. The zero-order chi connectivity index (χ0) is 19.8. The van der Waals surface area contributed by atoms with Crippen LogP contribution < -0.4 is 16.6 Å². The van der Waals surface area contributed by atoms with Crippen molar-refractivity contribution in [2.75, 3.05) is 0 Å². The molecule has 4 rings (SSSR count). The Labute approximate surface area is 161 Å². The van der Waals surface area contributed by atoms with Crippen LogP contribution in [-0.2, 0) is 7.05 Å². The van der Waals surface area contributed by atoms with Crippen molar-refractivity contribution in [1.29, 1.82) is 0 Å². The molecule has 0 atom stereocenters. The average Bonchev–Trinajstić information content (AvgIpc) is 3.12. The number of imidazole rings is 1. The van der Waals surface area contributed by atoms with E-state index in [1.54, 1.807) is 36.0 Å². The second-order valence-corrected chi connectivity index (χ2v) is 7.33. The Balaban J connectivity index is 1.65. The van der Waals surface area contributed by atoms with Gasteiger partial charge in [-0.1, -0.05) is 0 Å². The number of halogens is 1. The van der Waals surface area contributed by atoms with Gasteiger partial charge in [0.05, 0.1) is 5.69 Å². The van der Waals surface area contributed by atoms with Crippen molar-refractivity contribution in [3.63, 3.8) is 0 Å². The molecule has 28 heavy (non-hydrogen) atoms. The van der Waals surface area contributed by atoms with Gasteiger partial charge in [-0.25, -0.2) is 9.37 Å². The summed E-state index contributed by atoms with van der Waals surface area (Å²) >= 11 is 0. The first kappa shape index (κ1) is 18.4. The van der Waals surface area contributed by atoms with Gasteiger partial charge in [0.2, 0.25) is 5.65 Å². The summed E-state index contributed by atoms with van der Waals surface area (Å²) in [6.45, 7) is 0. The van der Waals surface area contributed by atoms with Crippen LogP contribution in [0.25, 0.3) is 16.9 Å². The van der Waals surface area contributed by atoms with E-state index in [2.05, 4.69) is 10.3 Å². The summed E-state index contributed by atoms with van der Waals surface area (Å²) < 4.78 is 16.2. The van der Waals surface area contributed by atoms with E-state index in [4.69, 9.17) is 5.73 Å². The lowest BCUT2D eigenvalue weighted by molar-refractivity contribution is 0.0921. The van der Waals surface area contributed by atoms with Crippen molar-refractivity contribution in [2.45, 2.75) is 37.8 Å². The Kier molecular flexibility index (Phi) is 4.72. The van der Waals surface area contributed by atoms with E-state index in [1.165, 1.54) is 16.7 Å². The molecule has 2 heterocycles. The van der Waals surface area contributed by atoms with E-state index in [9.17, 15) is 14.0 Å². The molecule has 0 unspecified atom stereocenters. The maximum atomic E-state index is 13.2. The molecule has 1 amide bonds. The molecule has 1 aromatic carbocycles. The first-order valence-corrected chi connectivity index (χ1v) is 9.33. The van der Waals surface area contributed by atoms with Gasteiger partial charge in [-0.15, -0.1) is 0 Å². The fourth-order valence-corrected chi connectivity index (χ4v) is 3.65. The van der Waals surface area contributed by atoms with Gasteiger partial charge in [0, 0.05) is 31.5 Å². The number of benzene rings is 1. The van der Waals surface area contributed by atoms with Crippen LogP contribution in [0, 0.1) is 5.82 Å². The van der Waals surface area contributed by atoms with Crippen molar-refractivity contribution in [3.05, 3.63) is 58.5 Å². The number of rotatable bonds is 3. The van der Waals surface area contributed by atoms with Crippen LogP contribution in [0.4, 0.5) is 4.39 Å². The van der Waals surface area contributed by atoms with Crippen LogP contribution in [0.5, 0.6) is 0 Å². The van der Waals surface area contributed by atoms with Gasteiger partial charge in [0.25, 0.3) is 11.5 Å². The highest BCUT2D eigenvalue weighted by molar-refractivity contribution is 5.93. The smallest absolute Gasteiger partial charge is 0.294 e.